The van der Waals surface area contributed by atoms with Crippen molar-refractivity contribution >= 4 is 5.91 Å². The number of aromatic nitrogens is 2. The lowest BCUT2D eigenvalue weighted by Crippen LogP contribution is -2.35. The number of aryl methyl sites for hydroxylation is 1. The van der Waals surface area contributed by atoms with Crippen LogP contribution in [0, 0.1) is 19.3 Å². The monoisotopic (exact) mass is 309 g/mol. The van der Waals surface area contributed by atoms with Crippen LogP contribution in [0.3, 0.4) is 0 Å². The summed E-state index contributed by atoms with van der Waals surface area (Å²) in [6, 6.07) is 7.41. The van der Waals surface area contributed by atoms with E-state index in [2.05, 4.69) is 16.1 Å². The molecule has 1 aromatic carbocycles. The third kappa shape index (κ3) is 2.98. The Morgan fingerprint density at radius 3 is 2.83 bits per heavy atom. The molecule has 2 aromatic rings. The molecule has 3 rings (SSSR count). The maximum atomic E-state index is 12.7. The Morgan fingerprint density at radius 2 is 2.13 bits per heavy atom. The van der Waals surface area contributed by atoms with Crippen molar-refractivity contribution in [2.24, 2.45) is 0 Å². The number of benzene rings is 1. The molecule has 1 aromatic heterocycles. The average Bonchev–Trinajstić information content (AvgIpc) is 3.22. The fourth-order valence-electron chi connectivity index (χ4n) is 3.16. The maximum Gasteiger partial charge on any atom is 0.255 e. The standard InChI is InChI=1S/C18H19N3O2/c1-4-13-7-5-6-8-16(13)18(22)21(3)15-10-9-14(11-15)17-20-19-12(2)23-17/h1,5-8,14-15H,9-11H2,2-3H3/t14-,15+/m0/s1. The van der Waals surface area contributed by atoms with Crippen molar-refractivity contribution < 1.29 is 9.21 Å². The van der Waals surface area contributed by atoms with E-state index >= 15 is 0 Å². The van der Waals surface area contributed by atoms with E-state index in [1.807, 2.05) is 19.2 Å². The summed E-state index contributed by atoms with van der Waals surface area (Å²) in [6.45, 7) is 1.79. The lowest BCUT2D eigenvalue weighted by atomic mass is 10.1. The number of carbonyl (C=O) groups excluding carboxylic acids is 1. The average molecular weight is 309 g/mol. The van der Waals surface area contributed by atoms with Crippen LogP contribution >= 0.6 is 0 Å². The normalized spacial score (nSPS) is 20.2. The highest BCUT2D eigenvalue weighted by Gasteiger charge is 2.34. The molecule has 0 spiro atoms. The van der Waals surface area contributed by atoms with Gasteiger partial charge in [0.2, 0.25) is 11.8 Å². The summed E-state index contributed by atoms with van der Waals surface area (Å²) in [5, 5.41) is 7.99. The zero-order valence-corrected chi connectivity index (χ0v) is 13.3. The first-order valence-corrected chi connectivity index (χ1v) is 7.73. The number of nitrogens with zero attached hydrogens (tertiary/aromatic N) is 3. The minimum absolute atomic E-state index is 0.0362. The molecule has 0 saturated heterocycles. The summed E-state index contributed by atoms with van der Waals surface area (Å²) in [5.41, 5.74) is 1.21. The van der Waals surface area contributed by atoms with Gasteiger partial charge in [-0.05, 0) is 31.4 Å². The fourth-order valence-corrected chi connectivity index (χ4v) is 3.16. The second-order valence-electron chi connectivity index (χ2n) is 5.93. The molecule has 5 nitrogen and oxygen atoms in total. The van der Waals surface area contributed by atoms with Crippen LogP contribution < -0.4 is 0 Å². The topological polar surface area (TPSA) is 59.2 Å². The highest BCUT2D eigenvalue weighted by molar-refractivity contribution is 5.96. The molecule has 1 fully saturated rings. The van der Waals surface area contributed by atoms with Gasteiger partial charge in [-0.3, -0.25) is 4.79 Å². The van der Waals surface area contributed by atoms with Crippen LogP contribution in [0.5, 0.6) is 0 Å². The van der Waals surface area contributed by atoms with E-state index in [9.17, 15) is 4.79 Å². The summed E-state index contributed by atoms with van der Waals surface area (Å²) in [4.78, 5) is 14.5. The number of hydrogen-bond donors (Lipinski definition) is 0. The van der Waals surface area contributed by atoms with E-state index in [1.54, 1.807) is 24.0 Å². The molecular weight excluding hydrogens is 290 g/mol. The van der Waals surface area contributed by atoms with Gasteiger partial charge in [-0.2, -0.15) is 0 Å². The van der Waals surface area contributed by atoms with E-state index in [0.29, 0.717) is 22.9 Å². The molecule has 1 aliphatic carbocycles. The Balaban J connectivity index is 1.73. The molecule has 0 N–H and O–H groups in total. The van der Waals surface area contributed by atoms with E-state index in [-0.39, 0.29) is 17.9 Å². The Labute approximate surface area is 135 Å². The second-order valence-corrected chi connectivity index (χ2v) is 5.93. The van der Waals surface area contributed by atoms with Crippen LogP contribution in [0.25, 0.3) is 0 Å². The minimum Gasteiger partial charge on any atom is -0.425 e. The van der Waals surface area contributed by atoms with Crippen LogP contribution in [0.4, 0.5) is 0 Å². The van der Waals surface area contributed by atoms with Crippen molar-refractivity contribution in [3.63, 3.8) is 0 Å². The molecule has 1 aliphatic rings. The van der Waals surface area contributed by atoms with Crippen molar-refractivity contribution in [3.05, 3.63) is 47.2 Å². The van der Waals surface area contributed by atoms with E-state index in [1.165, 1.54) is 0 Å². The molecule has 0 bridgehead atoms. The van der Waals surface area contributed by atoms with Crippen LogP contribution in [-0.2, 0) is 0 Å². The first-order valence-electron chi connectivity index (χ1n) is 7.73. The zero-order valence-electron chi connectivity index (χ0n) is 13.3. The van der Waals surface area contributed by atoms with Gasteiger partial charge in [-0.25, -0.2) is 0 Å². The third-order valence-electron chi connectivity index (χ3n) is 4.48. The first kappa shape index (κ1) is 15.3. The SMILES string of the molecule is C#Cc1ccccc1C(=O)N(C)[C@@H]1CC[C@H](c2nnc(C)o2)C1. The van der Waals surface area contributed by atoms with Crippen molar-refractivity contribution in [1.29, 1.82) is 0 Å². The third-order valence-corrected chi connectivity index (χ3v) is 4.48. The summed E-state index contributed by atoms with van der Waals surface area (Å²) in [6.07, 6.45) is 8.20. The fraction of sp³-hybridized carbons (Fsp3) is 0.389. The first-order chi connectivity index (χ1) is 11.1. The highest BCUT2D eigenvalue weighted by atomic mass is 16.4. The van der Waals surface area contributed by atoms with E-state index in [0.717, 1.165) is 19.3 Å². The van der Waals surface area contributed by atoms with Crippen molar-refractivity contribution in [2.45, 2.75) is 38.1 Å². The van der Waals surface area contributed by atoms with Crippen LogP contribution in [0.15, 0.2) is 28.7 Å². The maximum absolute atomic E-state index is 12.7. The molecular formula is C18H19N3O2. The molecule has 118 valence electrons. The molecule has 1 amide bonds. The van der Waals surface area contributed by atoms with Gasteiger partial charge in [-0.1, -0.05) is 18.1 Å². The quantitative estimate of drug-likeness (QED) is 0.818. The van der Waals surface area contributed by atoms with Gasteiger partial charge in [0.1, 0.15) is 0 Å². The second kappa shape index (κ2) is 6.25. The summed E-state index contributed by atoms with van der Waals surface area (Å²) < 4.78 is 5.52. The van der Waals surface area contributed by atoms with E-state index < -0.39 is 0 Å². The molecule has 1 heterocycles. The predicted molar refractivity (Wildman–Crippen MR) is 85.9 cm³/mol. The lowest BCUT2D eigenvalue weighted by molar-refractivity contribution is 0.0733. The summed E-state index contributed by atoms with van der Waals surface area (Å²) in [7, 11) is 1.84. The van der Waals surface area contributed by atoms with Gasteiger partial charge in [-0.15, -0.1) is 16.6 Å². The molecule has 5 heteroatoms. The van der Waals surface area contributed by atoms with Gasteiger partial charge in [0.25, 0.3) is 5.91 Å². The molecule has 2 atom stereocenters. The number of carbonyl (C=O) groups is 1. The molecule has 23 heavy (non-hydrogen) atoms. The summed E-state index contributed by atoms with van der Waals surface area (Å²) >= 11 is 0. The zero-order chi connectivity index (χ0) is 16.4. The van der Waals surface area contributed by atoms with Gasteiger partial charge >= 0.3 is 0 Å². The Bertz CT molecular complexity index is 760. The largest absolute Gasteiger partial charge is 0.425 e. The smallest absolute Gasteiger partial charge is 0.255 e. The van der Waals surface area contributed by atoms with Crippen LogP contribution in [0.1, 0.15) is 52.9 Å². The number of rotatable bonds is 3. The molecule has 1 saturated carbocycles. The molecule has 0 aliphatic heterocycles. The number of terminal acetylenes is 1. The highest BCUT2D eigenvalue weighted by Crippen LogP contribution is 2.36. The number of amides is 1. The van der Waals surface area contributed by atoms with Crippen molar-refractivity contribution in [3.8, 4) is 12.3 Å². The van der Waals surface area contributed by atoms with Gasteiger partial charge in [0.05, 0.1) is 5.56 Å². The van der Waals surface area contributed by atoms with Gasteiger partial charge in [0, 0.05) is 31.5 Å². The van der Waals surface area contributed by atoms with Crippen molar-refractivity contribution in [1.82, 2.24) is 15.1 Å². The van der Waals surface area contributed by atoms with Crippen LogP contribution in [0.2, 0.25) is 0 Å². The molecule has 0 unspecified atom stereocenters. The Hall–Kier alpha value is -2.61. The summed E-state index contributed by atoms with van der Waals surface area (Å²) in [5.74, 6) is 4.02. The minimum atomic E-state index is -0.0362. The Kier molecular flexibility index (Phi) is 4.16. The molecule has 0 radical (unpaired) electrons. The van der Waals surface area contributed by atoms with Gasteiger partial charge in [0.15, 0.2) is 0 Å². The lowest BCUT2D eigenvalue weighted by Gasteiger charge is -2.25. The van der Waals surface area contributed by atoms with Crippen molar-refractivity contribution in [2.75, 3.05) is 7.05 Å². The number of hydrogen-bond acceptors (Lipinski definition) is 4. The van der Waals surface area contributed by atoms with Crippen LogP contribution in [-0.4, -0.2) is 34.1 Å². The Morgan fingerprint density at radius 1 is 1.35 bits per heavy atom. The van der Waals surface area contributed by atoms with Gasteiger partial charge < -0.3 is 9.32 Å². The van der Waals surface area contributed by atoms with E-state index in [4.69, 9.17) is 10.8 Å². The predicted octanol–water partition coefficient (Wildman–Crippen LogP) is 2.77.